The van der Waals surface area contributed by atoms with Gasteiger partial charge in [0.1, 0.15) is 24.2 Å². The first-order valence-corrected chi connectivity index (χ1v) is 8.86. The number of rotatable bonds is 5. The van der Waals surface area contributed by atoms with Gasteiger partial charge in [0.05, 0.1) is 11.4 Å². The van der Waals surface area contributed by atoms with Gasteiger partial charge in [0.15, 0.2) is 0 Å². The van der Waals surface area contributed by atoms with Crippen LogP contribution in [0.3, 0.4) is 0 Å². The third-order valence-electron chi connectivity index (χ3n) is 3.97. The molecular formula is C21H15ClN4O2. The van der Waals surface area contributed by atoms with Gasteiger partial charge in [0.2, 0.25) is 0 Å². The summed E-state index contributed by atoms with van der Waals surface area (Å²) in [6.45, 7) is 0. The second-order valence-electron chi connectivity index (χ2n) is 5.90. The van der Waals surface area contributed by atoms with Gasteiger partial charge in [0, 0.05) is 10.6 Å². The summed E-state index contributed by atoms with van der Waals surface area (Å²) in [6.07, 6.45) is 2.97. The molecule has 0 radical (unpaired) electrons. The molecule has 138 valence electrons. The van der Waals surface area contributed by atoms with E-state index in [9.17, 15) is 4.79 Å². The summed E-state index contributed by atoms with van der Waals surface area (Å²) in [5.74, 6) is 1.11. The molecule has 1 N–H and O–H groups in total. The normalized spacial score (nSPS) is 10.5. The third-order valence-corrected chi connectivity index (χ3v) is 4.20. The summed E-state index contributed by atoms with van der Waals surface area (Å²) < 4.78 is 7.31. The van der Waals surface area contributed by atoms with Gasteiger partial charge < -0.3 is 10.1 Å². The highest BCUT2D eigenvalue weighted by Crippen LogP contribution is 2.25. The highest BCUT2D eigenvalue weighted by atomic mass is 35.5. The number of halogens is 1. The van der Waals surface area contributed by atoms with E-state index in [1.54, 1.807) is 53.5 Å². The fourth-order valence-electron chi connectivity index (χ4n) is 2.63. The number of ether oxygens (including phenoxy) is 1. The number of amides is 1. The number of para-hydroxylation sites is 1. The van der Waals surface area contributed by atoms with Gasteiger partial charge in [-0.05, 0) is 54.6 Å². The minimum atomic E-state index is -0.269. The number of nitrogens with one attached hydrogen (secondary N) is 1. The Bertz CT molecular complexity index is 1080. The van der Waals surface area contributed by atoms with Gasteiger partial charge in [-0.1, -0.05) is 29.8 Å². The lowest BCUT2D eigenvalue weighted by molar-refractivity contribution is 0.102. The summed E-state index contributed by atoms with van der Waals surface area (Å²) in [5, 5.41) is 7.48. The summed E-state index contributed by atoms with van der Waals surface area (Å²) in [5.41, 5.74) is 1.69. The Morgan fingerprint density at radius 2 is 1.71 bits per heavy atom. The van der Waals surface area contributed by atoms with E-state index < -0.39 is 0 Å². The molecule has 7 heteroatoms. The van der Waals surface area contributed by atoms with Crippen molar-refractivity contribution >= 4 is 23.2 Å². The van der Waals surface area contributed by atoms with Gasteiger partial charge in [-0.3, -0.25) is 4.79 Å². The maximum absolute atomic E-state index is 12.7. The predicted octanol–water partition coefficient (Wildman–Crippen LogP) is 4.97. The molecule has 4 rings (SSSR count). The van der Waals surface area contributed by atoms with E-state index in [1.807, 2.05) is 30.3 Å². The van der Waals surface area contributed by atoms with Crippen molar-refractivity contribution in [3.05, 3.63) is 96.0 Å². The van der Waals surface area contributed by atoms with Crippen molar-refractivity contribution in [3.8, 4) is 17.2 Å². The lowest BCUT2D eigenvalue weighted by atomic mass is 10.2. The molecule has 0 spiro atoms. The summed E-state index contributed by atoms with van der Waals surface area (Å²) >= 11 is 6.09. The minimum Gasteiger partial charge on any atom is -0.457 e. The van der Waals surface area contributed by atoms with Gasteiger partial charge in [0.25, 0.3) is 5.91 Å². The average molecular weight is 391 g/mol. The number of hydrogen-bond donors (Lipinski definition) is 1. The standard InChI is InChI=1S/C21H15ClN4O2/c22-16-8-11-20(26-14-23-13-24-26)19(12-16)25-21(27)15-6-9-18(10-7-15)28-17-4-2-1-3-5-17/h1-14H,(H,25,27). The molecule has 0 atom stereocenters. The van der Waals surface area contributed by atoms with Crippen LogP contribution in [0.2, 0.25) is 5.02 Å². The second-order valence-corrected chi connectivity index (χ2v) is 6.33. The molecule has 0 saturated heterocycles. The zero-order chi connectivity index (χ0) is 19.3. The molecule has 3 aromatic carbocycles. The van der Waals surface area contributed by atoms with Gasteiger partial charge >= 0.3 is 0 Å². The largest absolute Gasteiger partial charge is 0.457 e. The van der Waals surface area contributed by atoms with E-state index in [4.69, 9.17) is 16.3 Å². The van der Waals surface area contributed by atoms with Gasteiger partial charge in [-0.2, -0.15) is 5.10 Å². The molecule has 0 fully saturated rings. The Balaban J connectivity index is 1.52. The molecule has 1 amide bonds. The van der Waals surface area contributed by atoms with E-state index >= 15 is 0 Å². The number of nitrogens with zero attached hydrogens (tertiary/aromatic N) is 3. The molecule has 0 aliphatic heterocycles. The van der Waals surface area contributed by atoms with Crippen LogP contribution in [-0.2, 0) is 0 Å². The van der Waals surface area contributed by atoms with Crippen molar-refractivity contribution in [1.82, 2.24) is 14.8 Å². The van der Waals surface area contributed by atoms with Crippen LogP contribution in [0.15, 0.2) is 85.5 Å². The number of benzene rings is 3. The van der Waals surface area contributed by atoms with Crippen molar-refractivity contribution in [1.29, 1.82) is 0 Å². The van der Waals surface area contributed by atoms with Crippen molar-refractivity contribution in [2.45, 2.75) is 0 Å². The quantitative estimate of drug-likeness (QED) is 0.522. The smallest absolute Gasteiger partial charge is 0.255 e. The molecule has 0 unspecified atom stereocenters. The first-order chi connectivity index (χ1) is 13.7. The zero-order valence-electron chi connectivity index (χ0n) is 14.6. The van der Waals surface area contributed by atoms with E-state index in [1.165, 1.54) is 6.33 Å². The van der Waals surface area contributed by atoms with Crippen molar-refractivity contribution in [3.63, 3.8) is 0 Å². The Morgan fingerprint density at radius 1 is 0.964 bits per heavy atom. The molecular weight excluding hydrogens is 376 g/mol. The fraction of sp³-hybridized carbons (Fsp3) is 0. The van der Waals surface area contributed by atoms with E-state index in [2.05, 4.69) is 15.4 Å². The maximum atomic E-state index is 12.7. The SMILES string of the molecule is O=C(Nc1cc(Cl)ccc1-n1cncn1)c1ccc(Oc2ccccc2)cc1. The summed E-state index contributed by atoms with van der Waals surface area (Å²) in [6, 6.07) is 21.5. The number of anilines is 1. The molecule has 0 saturated carbocycles. The van der Waals surface area contributed by atoms with Crippen LogP contribution in [0.5, 0.6) is 11.5 Å². The Labute approximate surface area is 166 Å². The second kappa shape index (κ2) is 7.94. The lowest BCUT2D eigenvalue weighted by Crippen LogP contribution is -2.14. The minimum absolute atomic E-state index is 0.269. The summed E-state index contributed by atoms with van der Waals surface area (Å²) in [4.78, 5) is 16.6. The Kier molecular flexibility index (Phi) is 5.03. The topological polar surface area (TPSA) is 69.0 Å². The molecule has 4 aromatic rings. The van der Waals surface area contributed by atoms with E-state index in [-0.39, 0.29) is 5.91 Å². The molecule has 28 heavy (non-hydrogen) atoms. The van der Waals surface area contributed by atoms with E-state index in [0.717, 1.165) is 5.75 Å². The van der Waals surface area contributed by atoms with Gasteiger partial charge in [-0.15, -0.1) is 0 Å². The zero-order valence-corrected chi connectivity index (χ0v) is 15.4. The monoisotopic (exact) mass is 390 g/mol. The first-order valence-electron chi connectivity index (χ1n) is 8.48. The molecule has 0 bridgehead atoms. The molecule has 1 heterocycles. The van der Waals surface area contributed by atoms with Crippen LogP contribution < -0.4 is 10.1 Å². The van der Waals surface area contributed by atoms with Crippen molar-refractivity contribution < 1.29 is 9.53 Å². The first kappa shape index (κ1) is 17.8. The van der Waals surface area contributed by atoms with Crippen molar-refractivity contribution in [2.75, 3.05) is 5.32 Å². The predicted molar refractivity (Wildman–Crippen MR) is 107 cm³/mol. The number of aromatic nitrogens is 3. The number of carbonyl (C=O) groups is 1. The Morgan fingerprint density at radius 3 is 2.43 bits per heavy atom. The van der Waals surface area contributed by atoms with Crippen LogP contribution in [0.25, 0.3) is 5.69 Å². The average Bonchev–Trinajstić information content (AvgIpc) is 3.24. The molecule has 1 aromatic heterocycles. The third kappa shape index (κ3) is 4.02. The molecule has 0 aliphatic rings. The lowest BCUT2D eigenvalue weighted by Gasteiger charge is -2.12. The fourth-order valence-corrected chi connectivity index (χ4v) is 2.81. The highest BCUT2D eigenvalue weighted by Gasteiger charge is 2.12. The van der Waals surface area contributed by atoms with Crippen LogP contribution in [0.1, 0.15) is 10.4 Å². The van der Waals surface area contributed by atoms with Crippen LogP contribution >= 0.6 is 11.6 Å². The number of carbonyl (C=O) groups excluding carboxylic acids is 1. The van der Waals surface area contributed by atoms with Crippen LogP contribution in [-0.4, -0.2) is 20.7 Å². The van der Waals surface area contributed by atoms with Crippen LogP contribution in [0, 0.1) is 0 Å². The highest BCUT2D eigenvalue weighted by molar-refractivity contribution is 6.31. The summed E-state index contributed by atoms with van der Waals surface area (Å²) in [7, 11) is 0. The van der Waals surface area contributed by atoms with Crippen molar-refractivity contribution in [2.24, 2.45) is 0 Å². The van der Waals surface area contributed by atoms with Crippen LogP contribution in [0.4, 0.5) is 5.69 Å². The maximum Gasteiger partial charge on any atom is 0.255 e. The van der Waals surface area contributed by atoms with E-state index in [0.29, 0.717) is 27.7 Å². The Hall–Kier alpha value is -3.64. The van der Waals surface area contributed by atoms with Gasteiger partial charge in [-0.25, -0.2) is 9.67 Å². The number of hydrogen-bond acceptors (Lipinski definition) is 4. The molecule has 6 nitrogen and oxygen atoms in total. The molecule has 0 aliphatic carbocycles.